The van der Waals surface area contributed by atoms with Gasteiger partial charge in [0, 0.05) is 30.1 Å². The van der Waals surface area contributed by atoms with Crippen LogP contribution in [-0.2, 0) is 14.3 Å². The predicted octanol–water partition coefficient (Wildman–Crippen LogP) is 2.82. The highest BCUT2D eigenvalue weighted by atomic mass is 32.2. The molecular formula is C19H28N2O5S. The largest absolute Gasteiger partial charge is 0.465 e. The summed E-state index contributed by atoms with van der Waals surface area (Å²) in [7, 11) is 1.30. The van der Waals surface area contributed by atoms with Crippen molar-refractivity contribution in [3.63, 3.8) is 0 Å². The monoisotopic (exact) mass is 396 g/mol. The number of nitrogens with zero attached hydrogens (tertiary/aromatic N) is 1. The second-order valence-corrected chi connectivity index (χ2v) is 8.45. The summed E-state index contributed by atoms with van der Waals surface area (Å²) >= 11 is 1.38. The fraction of sp³-hybridized carbons (Fsp3) is 0.632. The fourth-order valence-electron chi connectivity index (χ4n) is 2.80. The van der Waals surface area contributed by atoms with Crippen LogP contribution >= 0.6 is 11.8 Å². The van der Waals surface area contributed by atoms with Gasteiger partial charge in [-0.2, -0.15) is 0 Å². The zero-order valence-corrected chi connectivity index (χ0v) is 17.6. The maximum atomic E-state index is 13.0. The van der Waals surface area contributed by atoms with E-state index in [9.17, 15) is 9.59 Å². The highest BCUT2D eigenvalue weighted by molar-refractivity contribution is 7.98. The van der Waals surface area contributed by atoms with Crippen LogP contribution in [0.4, 0.5) is 0 Å². The minimum Gasteiger partial charge on any atom is -0.465 e. The molecule has 1 aliphatic rings. The van der Waals surface area contributed by atoms with Gasteiger partial charge < -0.3 is 19.5 Å². The van der Waals surface area contributed by atoms with E-state index in [2.05, 4.69) is 10.3 Å². The molecule has 0 bridgehead atoms. The first-order valence-corrected chi connectivity index (χ1v) is 10.1. The van der Waals surface area contributed by atoms with Gasteiger partial charge in [-0.1, -0.05) is 0 Å². The summed E-state index contributed by atoms with van der Waals surface area (Å²) < 4.78 is 16.6. The minimum absolute atomic E-state index is 0.0795. The molecule has 1 fully saturated rings. The van der Waals surface area contributed by atoms with Gasteiger partial charge in [0.15, 0.2) is 0 Å². The molecule has 0 radical (unpaired) electrons. The molecule has 2 heterocycles. The van der Waals surface area contributed by atoms with Gasteiger partial charge in [-0.3, -0.25) is 0 Å². The molecule has 0 spiro atoms. The predicted molar refractivity (Wildman–Crippen MR) is 103 cm³/mol. The minimum atomic E-state index is -1.26. The SMILES string of the molecule is COC(=O)c1c(SC)ccnc1O[C@]1(C(=O)OC(C)(C)C)CC[C@@H](C)NC1. The van der Waals surface area contributed by atoms with Crippen LogP contribution in [0.1, 0.15) is 50.9 Å². The molecular weight excluding hydrogens is 368 g/mol. The number of methoxy groups -OCH3 is 1. The highest BCUT2D eigenvalue weighted by Crippen LogP contribution is 2.33. The smallest absolute Gasteiger partial charge is 0.352 e. The fourth-order valence-corrected chi connectivity index (χ4v) is 3.37. The van der Waals surface area contributed by atoms with Crippen LogP contribution in [0.3, 0.4) is 0 Å². The number of carbonyl (C=O) groups excluding carboxylic acids is 2. The Hall–Kier alpha value is -1.80. The summed E-state index contributed by atoms with van der Waals surface area (Å²) in [4.78, 5) is 30.2. The Morgan fingerprint density at radius 1 is 1.37 bits per heavy atom. The Labute approximate surface area is 164 Å². The molecule has 27 heavy (non-hydrogen) atoms. The van der Waals surface area contributed by atoms with Gasteiger partial charge in [-0.15, -0.1) is 11.8 Å². The molecule has 1 aromatic heterocycles. The zero-order valence-electron chi connectivity index (χ0n) is 16.8. The van der Waals surface area contributed by atoms with E-state index in [0.29, 0.717) is 11.3 Å². The van der Waals surface area contributed by atoms with E-state index in [1.54, 1.807) is 12.3 Å². The maximum absolute atomic E-state index is 13.0. The summed E-state index contributed by atoms with van der Waals surface area (Å²) in [6.45, 7) is 7.75. The quantitative estimate of drug-likeness (QED) is 0.601. The number of carbonyl (C=O) groups is 2. The van der Waals surface area contributed by atoms with Crippen LogP contribution in [0.25, 0.3) is 0 Å². The van der Waals surface area contributed by atoms with Crippen molar-refractivity contribution in [3.05, 3.63) is 17.8 Å². The second kappa shape index (κ2) is 8.48. The van der Waals surface area contributed by atoms with Crippen molar-refractivity contribution in [1.82, 2.24) is 10.3 Å². The van der Waals surface area contributed by atoms with Crippen LogP contribution in [0.2, 0.25) is 0 Å². The lowest BCUT2D eigenvalue weighted by molar-refractivity contribution is -0.176. The number of piperidine rings is 1. The number of ether oxygens (including phenoxy) is 3. The number of hydrogen-bond donors (Lipinski definition) is 1. The third-order valence-corrected chi connectivity index (χ3v) is 5.05. The third-order valence-electron chi connectivity index (χ3n) is 4.27. The lowest BCUT2D eigenvalue weighted by Gasteiger charge is -2.39. The first-order chi connectivity index (χ1) is 12.6. The molecule has 1 saturated heterocycles. The summed E-state index contributed by atoms with van der Waals surface area (Å²) in [5.41, 5.74) is -1.70. The Kier molecular flexibility index (Phi) is 6.75. The molecule has 150 valence electrons. The van der Waals surface area contributed by atoms with Gasteiger partial charge in [-0.05, 0) is 46.4 Å². The molecule has 7 nitrogen and oxygen atoms in total. The molecule has 1 aromatic rings. The molecule has 0 aromatic carbocycles. The van der Waals surface area contributed by atoms with E-state index in [0.717, 1.165) is 6.42 Å². The van der Waals surface area contributed by atoms with E-state index < -0.39 is 23.1 Å². The van der Waals surface area contributed by atoms with E-state index >= 15 is 0 Å². The summed E-state index contributed by atoms with van der Waals surface area (Å²) in [6, 6.07) is 1.97. The molecule has 2 atom stereocenters. The lowest BCUT2D eigenvalue weighted by Crippen LogP contribution is -2.59. The summed E-state index contributed by atoms with van der Waals surface area (Å²) in [6.07, 6.45) is 4.59. The van der Waals surface area contributed by atoms with Crippen LogP contribution in [0.5, 0.6) is 5.88 Å². The van der Waals surface area contributed by atoms with E-state index in [-0.39, 0.29) is 24.0 Å². The van der Waals surface area contributed by atoms with Crippen molar-refractivity contribution in [2.75, 3.05) is 19.9 Å². The van der Waals surface area contributed by atoms with Gasteiger partial charge in [0.25, 0.3) is 0 Å². The topological polar surface area (TPSA) is 86.8 Å². The van der Waals surface area contributed by atoms with Crippen molar-refractivity contribution in [2.45, 2.75) is 62.7 Å². The molecule has 1 N–H and O–H groups in total. The van der Waals surface area contributed by atoms with Crippen LogP contribution in [0, 0.1) is 0 Å². The van der Waals surface area contributed by atoms with E-state index in [1.807, 2.05) is 34.0 Å². The Bertz CT molecular complexity index is 694. The van der Waals surface area contributed by atoms with Crippen LogP contribution in [-0.4, -0.2) is 54.1 Å². The van der Waals surface area contributed by atoms with Gasteiger partial charge >= 0.3 is 11.9 Å². The highest BCUT2D eigenvalue weighted by Gasteiger charge is 2.47. The first kappa shape index (κ1) is 21.5. The van der Waals surface area contributed by atoms with E-state index in [1.165, 1.54) is 18.9 Å². The average molecular weight is 397 g/mol. The third kappa shape index (κ3) is 5.13. The molecule has 1 aliphatic heterocycles. The molecule has 8 heteroatoms. The van der Waals surface area contributed by atoms with Crippen LogP contribution < -0.4 is 10.1 Å². The zero-order chi connectivity index (χ0) is 20.2. The Morgan fingerprint density at radius 3 is 2.59 bits per heavy atom. The summed E-state index contributed by atoms with van der Waals surface area (Å²) in [5.74, 6) is -0.948. The lowest BCUT2D eigenvalue weighted by atomic mass is 9.90. The van der Waals surface area contributed by atoms with Gasteiger partial charge in [0.05, 0.1) is 7.11 Å². The number of pyridine rings is 1. The van der Waals surface area contributed by atoms with Gasteiger partial charge in [-0.25, -0.2) is 14.6 Å². The van der Waals surface area contributed by atoms with Crippen molar-refractivity contribution < 1.29 is 23.8 Å². The van der Waals surface area contributed by atoms with E-state index in [4.69, 9.17) is 14.2 Å². The molecule has 0 aliphatic carbocycles. The van der Waals surface area contributed by atoms with Gasteiger partial charge in [0.2, 0.25) is 11.5 Å². The maximum Gasteiger partial charge on any atom is 0.352 e. The second-order valence-electron chi connectivity index (χ2n) is 7.60. The molecule has 0 amide bonds. The first-order valence-electron chi connectivity index (χ1n) is 8.89. The molecule has 0 saturated carbocycles. The summed E-state index contributed by atoms with van der Waals surface area (Å²) in [5, 5.41) is 3.28. The van der Waals surface area contributed by atoms with Crippen molar-refractivity contribution in [1.29, 1.82) is 0 Å². The molecule has 2 rings (SSSR count). The number of thioether (sulfide) groups is 1. The average Bonchev–Trinajstić information content (AvgIpc) is 2.61. The Morgan fingerprint density at radius 2 is 2.07 bits per heavy atom. The number of aromatic nitrogens is 1. The van der Waals surface area contributed by atoms with Gasteiger partial charge in [0.1, 0.15) is 11.2 Å². The Balaban J connectivity index is 2.45. The number of esters is 2. The standard InChI is InChI=1S/C19H28N2O5S/c1-12-7-9-19(11-21-12,17(23)26-18(2,3)4)25-15-14(16(22)24-5)13(27-6)8-10-20-15/h8,10,12,21H,7,9,11H2,1-6H3/t12-,19-/m1/s1. The number of hydrogen-bond acceptors (Lipinski definition) is 8. The van der Waals surface area contributed by atoms with Crippen LogP contribution in [0.15, 0.2) is 17.2 Å². The molecule has 0 unspecified atom stereocenters. The van der Waals surface area contributed by atoms with Crippen molar-refractivity contribution in [2.24, 2.45) is 0 Å². The normalized spacial score (nSPS) is 22.8. The number of nitrogens with one attached hydrogen (secondary N) is 1. The van der Waals surface area contributed by atoms with Crippen molar-refractivity contribution >= 4 is 23.7 Å². The van der Waals surface area contributed by atoms with Crippen molar-refractivity contribution in [3.8, 4) is 5.88 Å². The number of rotatable bonds is 5.